The highest BCUT2D eigenvalue weighted by atomic mass is 32.2. The lowest BCUT2D eigenvalue weighted by Gasteiger charge is -2.38. The lowest BCUT2D eigenvalue weighted by atomic mass is 9.83. The van der Waals surface area contributed by atoms with E-state index in [9.17, 15) is 13.5 Å². The Balaban J connectivity index is 2.45. The molecule has 1 heterocycles. The largest absolute Gasteiger partial charge is 0.390 e. The molecular weight excluding hydrogens is 252 g/mol. The number of aliphatic hydroxyl groups is 1. The molecular formula is C13H26O4S. The molecule has 2 unspecified atom stereocenters. The zero-order valence-corrected chi connectivity index (χ0v) is 12.5. The van der Waals surface area contributed by atoms with Crippen molar-refractivity contribution in [3.05, 3.63) is 0 Å². The predicted octanol–water partition coefficient (Wildman–Crippen LogP) is 1.77. The summed E-state index contributed by atoms with van der Waals surface area (Å²) in [7, 11) is -2.92. The van der Waals surface area contributed by atoms with Gasteiger partial charge in [-0.25, -0.2) is 8.42 Å². The Morgan fingerprint density at radius 1 is 1.44 bits per heavy atom. The maximum atomic E-state index is 11.4. The van der Waals surface area contributed by atoms with Gasteiger partial charge in [0, 0.05) is 18.8 Å². The molecule has 0 amide bonds. The molecule has 1 aliphatic heterocycles. The number of rotatable bonds is 6. The first-order valence-electron chi connectivity index (χ1n) is 6.82. The summed E-state index contributed by atoms with van der Waals surface area (Å²) in [5, 5.41) is 10.5. The SMILES string of the molecule is CCS(=O)(=O)CCCC1(O)CCOC(C(C)C)C1. The zero-order valence-electron chi connectivity index (χ0n) is 11.7. The van der Waals surface area contributed by atoms with Crippen molar-refractivity contribution in [1.82, 2.24) is 0 Å². The standard InChI is InChI=1S/C13H26O4S/c1-4-18(15,16)9-5-6-13(14)7-8-17-12(10-13)11(2)3/h11-12,14H,4-10H2,1-3H3. The fourth-order valence-corrected chi connectivity index (χ4v) is 3.23. The van der Waals surface area contributed by atoms with Crippen molar-refractivity contribution >= 4 is 9.84 Å². The molecule has 0 aromatic carbocycles. The van der Waals surface area contributed by atoms with Gasteiger partial charge < -0.3 is 9.84 Å². The second-order valence-corrected chi connectivity index (χ2v) is 8.14. The van der Waals surface area contributed by atoms with Crippen LogP contribution in [0.5, 0.6) is 0 Å². The highest BCUT2D eigenvalue weighted by Gasteiger charge is 2.35. The van der Waals surface area contributed by atoms with Crippen molar-refractivity contribution in [2.24, 2.45) is 5.92 Å². The van der Waals surface area contributed by atoms with Gasteiger partial charge in [-0.3, -0.25) is 0 Å². The van der Waals surface area contributed by atoms with E-state index in [0.717, 1.165) is 0 Å². The summed E-state index contributed by atoms with van der Waals surface area (Å²) in [6.07, 6.45) is 2.42. The number of hydrogen-bond acceptors (Lipinski definition) is 4. The number of sulfone groups is 1. The molecule has 18 heavy (non-hydrogen) atoms. The van der Waals surface area contributed by atoms with Crippen molar-refractivity contribution in [2.75, 3.05) is 18.1 Å². The van der Waals surface area contributed by atoms with Gasteiger partial charge in [-0.1, -0.05) is 20.8 Å². The molecule has 1 rings (SSSR count). The monoisotopic (exact) mass is 278 g/mol. The molecule has 5 heteroatoms. The first kappa shape index (κ1) is 15.9. The lowest BCUT2D eigenvalue weighted by Crippen LogP contribution is -2.43. The van der Waals surface area contributed by atoms with Crippen LogP contribution in [-0.2, 0) is 14.6 Å². The molecule has 4 nitrogen and oxygen atoms in total. The zero-order chi connectivity index (χ0) is 13.8. The Bertz CT molecular complexity index is 350. The minimum atomic E-state index is -2.92. The second-order valence-electron chi connectivity index (χ2n) is 5.67. The molecule has 108 valence electrons. The van der Waals surface area contributed by atoms with E-state index >= 15 is 0 Å². The van der Waals surface area contributed by atoms with Crippen molar-refractivity contribution in [2.45, 2.75) is 58.2 Å². The summed E-state index contributed by atoms with van der Waals surface area (Å²) in [6, 6.07) is 0. The minimum Gasteiger partial charge on any atom is -0.390 e. The van der Waals surface area contributed by atoms with Crippen LogP contribution in [-0.4, -0.2) is 43.3 Å². The van der Waals surface area contributed by atoms with Crippen LogP contribution in [0.3, 0.4) is 0 Å². The van der Waals surface area contributed by atoms with Crippen LogP contribution < -0.4 is 0 Å². The highest BCUT2D eigenvalue weighted by molar-refractivity contribution is 7.91. The normalized spacial score (nSPS) is 29.7. The molecule has 2 atom stereocenters. The molecule has 0 aromatic heterocycles. The van der Waals surface area contributed by atoms with Gasteiger partial charge in [0.15, 0.2) is 0 Å². The van der Waals surface area contributed by atoms with Crippen LogP contribution in [0.25, 0.3) is 0 Å². The van der Waals surface area contributed by atoms with Gasteiger partial charge >= 0.3 is 0 Å². The van der Waals surface area contributed by atoms with Crippen molar-refractivity contribution in [3.63, 3.8) is 0 Å². The van der Waals surface area contributed by atoms with Gasteiger partial charge in [0.1, 0.15) is 9.84 Å². The second kappa shape index (κ2) is 6.35. The molecule has 1 fully saturated rings. The van der Waals surface area contributed by atoms with E-state index in [1.807, 2.05) is 0 Å². The Hall–Kier alpha value is -0.130. The topological polar surface area (TPSA) is 63.6 Å². The van der Waals surface area contributed by atoms with Gasteiger partial charge in [-0.05, 0) is 25.2 Å². The average Bonchev–Trinajstić information content (AvgIpc) is 2.28. The van der Waals surface area contributed by atoms with E-state index in [-0.39, 0.29) is 17.6 Å². The third-order valence-electron chi connectivity index (χ3n) is 3.76. The van der Waals surface area contributed by atoms with Crippen molar-refractivity contribution in [3.8, 4) is 0 Å². The summed E-state index contributed by atoms with van der Waals surface area (Å²) in [5.41, 5.74) is -0.740. The molecule has 0 bridgehead atoms. The van der Waals surface area contributed by atoms with Crippen molar-refractivity contribution < 1.29 is 18.3 Å². The summed E-state index contributed by atoms with van der Waals surface area (Å²) in [6.45, 7) is 6.39. The molecule has 0 aromatic rings. The molecule has 1 N–H and O–H groups in total. The lowest BCUT2D eigenvalue weighted by molar-refractivity contribution is -0.120. The first-order chi connectivity index (χ1) is 8.28. The van der Waals surface area contributed by atoms with Gasteiger partial charge in [0.25, 0.3) is 0 Å². The summed E-state index contributed by atoms with van der Waals surface area (Å²) < 4.78 is 28.4. The third kappa shape index (κ3) is 4.86. The van der Waals surface area contributed by atoms with Crippen LogP contribution in [0.15, 0.2) is 0 Å². The fraction of sp³-hybridized carbons (Fsp3) is 1.00. The highest BCUT2D eigenvalue weighted by Crippen LogP contribution is 2.32. The molecule has 0 saturated carbocycles. The van der Waals surface area contributed by atoms with Crippen LogP contribution in [0.4, 0.5) is 0 Å². The smallest absolute Gasteiger partial charge is 0.150 e. The van der Waals surface area contributed by atoms with Crippen LogP contribution in [0, 0.1) is 5.92 Å². The fourth-order valence-electron chi connectivity index (χ4n) is 2.36. The number of hydrogen-bond donors (Lipinski definition) is 1. The summed E-state index contributed by atoms with van der Waals surface area (Å²) in [4.78, 5) is 0. The maximum absolute atomic E-state index is 11.4. The van der Waals surface area contributed by atoms with Gasteiger partial charge in [-0.15, -0.1) is 0 Å². The van der Waals surface area contributed by atoms with Crippen molar-refractivity contribution in [1.29, 1.82) is 0 Å². The van der Waals surface area contributed by atoms with E-state index in [1.54, 1.807) is 6.92 Å². The van der Waals surface area contributed by atoms with Gasteiger partial charge in [0.2, 0.25) is 0 Å². The number of ether oxygens (including phenoxy) is 1. The third-order valence-corrected chi connectivity index (χ3v) is 5.55. The van der Waals surface area contributed by atoms with E-state index in [2.05, 4.69) is 13.8 Å². The molecule has 0 spiro atoms. The summed E-state index contributed by atoms with van der Waals surface area (Å²) in [5.74, 6) is 0.749. The first-order valence-corrected chi connectivity index (χ1v) is 8.64. The van der Waals surface area contributed by atoms with Crippen LogP contribution in [0.2, 0.25) is 0 Å². The maximum Gasteiger partial charge on any atom is 0.150 e. The molecule has 1 saturated heterocycles. The average molecular weight is 278 g/mol. The van der Waals surface area contributed by atoms with Crippen LogP contribution >= 0.6 is 0 Å². The Labute approximate surface area is 111 Å². The molecule has 0 radical (unpaired) electrons. The Kier molecular flexibility index (Phi) is 5.62. The van der Waals surface area contributed by atoms with Gasteiger partial charge in [-0.2, -0.15) is 0 Å². The van der Waals surface area contributed by atoms with Gasteiger partial charge in [0.05, 0.1) is 17.5 Å². The Morgan fingerprint density at radius 3 is 2.67 bits per heavy atom. The molecule has 1 aliphatic rings. The minimum absolute atomic E-state index is 0.0894. The molecule has 0 aliphatic carbocycles. The van der Waals surface area contributed by atoms with E-state index in [1.165, 1.54) is 0 Å². The van der Waals surface area contributed by atoms with Crippen LogP contribution in [0.1, 0.15) is 46.5 Å². The predicted molar refractivity (Wildman–Crippen MR) is 72.3 cm³/mol. The van der Waals surface area contributed by atoms with E-state index < -0.39 is 15.4 Å². The van der Waals surface area contributed by atoms with E-state index in [4.69, 9.17) is 4.74 Å². The quantitative estimate of drug-likeness (QED) is 0.804. The Morgan fingerprint density at radius 2 is 2.11 bits per heavy atom. The summed E-state index contributed by atoms with van der Waals surface area (Å²) >= 11 is 0. The van der Waals surface area contributed by atoms with E-state index in [0.29, 0.717) is 38.2 Å².